The van der Waals surface area contributed by atoms with Gasteiger partial charge in [0.05, 0.1) is 0 Å². The molecule has 2 atom stereocenters. The maximum absolute atomic E-state index is 13.1. The molecule has 1 aliphatic carbocycles. The first-order valence-electron chi connectivity index (χ1n) is 8.96. The Morgan fingerprint density at radius 2 is 1.72 bits per heavy atom. The number of halogens is 1. The molecule has 0 aromatic heterocycles. The predicted octanol–water partition coefficient (Wildman–Crippen LogP) is 4.00. The molecule has 130 valence electrons. The Morgan fingerprint density at radius 3 is 2.40 bits per heavy atom. The van der Waals surface area contributed by atoms with Crippen LogP contribution in [-0.4, -0.2) is 30.0 Å². The van der Waals surface area contributed by atoms with Gasteiger partial charge in [0.25, 0.3) is 0 Å². The summed E-state index contributed by atoms with van der Waals surface area (Å²) in [5, 5.41) is 0. The van der Waals surface area contributed by atoms with Gasteiger partial charge in [0, 0.05) is 31.3 Å². The van der Waals surface area contributed by atoms with Crippen LogP contribution in [0.3, 0.4) is 0 Å². The summed E-state index contributed by atoms with van der Waals surface area (Å²) in [6, 6.07) is 16.4. The van der Waals surface area contributed by atoms with E-state index in [2.05, 4.69) is 12.1 Å². The molecule has 1 saturated heterocycles. The first-order chi connectivity index (χ1) is 12.2. The number of amides is 1. The van der Waals surface area contributed by atoms with E-state index in [0.29, 0.717) is 18.2 Å². The molecule has 0 spiro atoms. The van der Waals surface area contributed by atoms with Crippen LogP contribution in [0.25, 0.3) is 0 Å². The van der Waals surface area contributed by atoms with Crippen molar-refractivity contribution in [1.29, 1.82) is 0 Å². The van der Waals surface area contributed by atoms with E-state index in [4.69, 9.17) is 4.74 Å². The number of ether oxygens (including phenoxy) is 1. The van der Waals surface area contributed by atoms with Crippen LogP contribution in [0.15, 0.2) is 54.6 Å². The van der Waals surface area contributed by atoms with Gasteiger partial charge in [0.2, 0.25) is 5.91 Å². The highest BCUT2D eigenvalue weighted by Crippen LogP contribution is 2.35. The van der Waals surface area contributed by atoms with E-state index in [1.807, 2.05) is 23.1 Å². The standard InChI is InChI=1S/C21H22FNO2/c22-17-8-10-18(11-9-17)25-20-12-13-23(21(24)16-6-7-16)14-19(20)15-4-2-1-3-5-15/h1-5,8-11,16,19-20H,6-7,12-14H2/t19-,20+/m1/s1. The van der Waals surface area contributed by atoms with E-state index in [-0.39, 0.29) is 23.8 Å². The molecule has 25 heavy (non-hydrogen) atoms. The van der Waals surface area contributed by atoms with E-state index < -0.39 is 0 Å². The summed E-state index contributed by atoms with van der Waals surface area (Å²) in [5.74, 6) is 1.07. The van der Waals surface area contributed by atoms with Crippen LogP contribution in [0.5, 0.6) is 5.75 Å². The minimum Gasteiger partial charge on any atom is -0.490 e. The van der Waals surface area contributed by atoms with Crippen LogP contribution in [0.1, 0.15) is 30.7 Å². The van der Waals surface area contributed by atoms with Crippen molar-refractivity contribution in [3.63, 3.8) is 0 Å². The number of rotatable bonds is 4. The van der Waals surface area contributed by atoms with Gasteiger partial charge in [-0.2, -0.15) is 0 Å². The zero-order chi connectivity index (χ0) is 17.2. The molecular formula is C21H22FNO2. The lowest BCUT2D eigenvalue weighted by molar-refractivity contribution is -0.134. The highest BCUT2D eigenvalue weighted by molar-refractivity contribution is 5.81. The third-order valence-electron chi connectivity index (χ3n) is 5.12. The van der Waals surface area contributed by atoms with E-state index in [1.54, 1.807) is 12.1 Å². The fraction of sp³-hybridized carbons (Fsp3) is 0.381. The van der Waals surface area contributed by atoms with Crippen LogP contribution in [0.4, 0.5) is 4.39 Å². The second-order valence-corrected chi connectivity index (χ2v) is 6.97. The van der Waals surface area contributed by atoms with Gasteiger partial charge in [-0.1, -0.05) is 30.3 Å². The Balaban J connectivity index is 1.54. The number of likely N-dealkylation sites (tertiary alicyclic amines) is 1. The van der Waals surface area contributed by atoms with Crippen molar-refractivity contribution in [1.82, 2.24) is 4.90 Å². The summed E-state index contributed by atoms with van der Waals surface area (Å²) in [6.07, 6.45) is 2.83. The lowest BCUT2D eigenvalue weighted by Gasteiger charge is -2.39. The van der Waals surface area contributed by atoms with E-state index in [1.165, 1.54) is 17.7 Å². The molecule has 3 nitrogen and oxygen atoms in total. The summed E-state index contributed by atoms with van der Waals surface area (Å²) in [4.78, 5) is 14.5. The number of carbonyl (C=O) groups is 1. The summed E-state index contributed by atoms with van der Waals surface area (Å²) in [7, 11) is 0. The van der Waals surface area contributed by atoms with Gasteiger partial charge in [0.15, 0.2) is 0 Å². The van der Waals surface area contributed by atoms with E-state index >= 15 is 0 Å². The second kappa shape index (κ2) is 6.87. The molecule has 0 radical (unpaired) electrons. The minimum atomic E-state index is -0.267. The summed E-state index contributed by atoms with van der Waals surface area (Å²) in [5.41, 5.74) is 1.18. The fourth-order valence-electron chi connectivity index (χ4n) is 3.57. The van der Waals surface area contributed by atoms with Crippen molar-refractivity contribution in [2.24, 2.45) is 5.92 Å². The van der Waals surface area contributed by atoms with Crippen molar-refractivity contribution in [3.8, 4) is 5.75 Å². The van der Waals surface area contributed by atoms with Crippen LogP contribution in [0, 0.1) is 11.7 Å². The van der Waals surface area contributed by atoms with Gasteiger partial charge in [0.1, 0.15) is 17.7 Å². The van der Waals surface area contributed by atoms with Gasteiger partial charge < -0.3 is 9.64 Å². The first kappa shape index (κ1) is 16.1. The minimum absolute atomic E-state index is 0.0175. The normalized spacial score (nSPS) is 23.3. The van der Waals surface area contributed by atoms with E-state index in [9.17, 15) is 9.18 Å². The topological polar surface area (TPSA) is 29.5 Å². The van der Waals surface area contributed by atoms with Crippen molar-refractivity contribution in [2.75, 3.05) is 13.1 Å². The fourth-order valence-corrected chi connectivity index (χ4v) is 3.57. The Morgan fingerprint density at radius 1 is 1.00 bits per heavy atom. The number of nitrogens with zero attached hydrogens (tertiary/aromatic N) is 1. The van der Waals surface area contributed by atoms with Crippen LogP contribution < -0.4 is 4.74 Å². The largest absolute Gasteiger partial charge is 0.490 e. The maximum Gasteiger partial charge on any atom is 0.225 e. The zero-order valence-electron chi connectivity index (χ0n) is 14.1. The van der Waals surface area contributed by atoms with Gasteiger partial charge in [-0.3, -0.25) is 4.79 Å². The van der Waals surface area contributed by atoms with Gasteiger partial charge >= 0.3 is 0 Å². The molecule has 0 unspecified atom stereocenters. The summed E-state index contributed by atoms with van der Waals surface area (Å²) in [6.45, 7) is 1.41. The molecule has 4 heteroatoms. The molecule has 1 heterocycles. The molecular weight excluding hydrogens is 317 g/mol. The molecule has 4 rings (SSSR count). The average molecular weight is 339 g/mol. The number of piperidine rings is 1. The van der Waals surface area contributed by atoms with Crippen molar-refractivity contribution >= 4 is 5.91 Å². The third-order valence-corrected chi connectivity index (χ3v) is 5.12. The van der Waals surface area contributed by atoms with Crippen molar-refractivity contribution < 1.29 is 13.9 Å². The Bertz CT molecular complexity index is 727. The lowest BCUT2D eigenvalue weighted by Crippen LogP contribution is -2.47. The molecule has 0 N–H and O–H groups in total. The Labute approximate surface area is 147 Å². The van der Waals surface area contributed by atoms with Gasteiger partial charge in [-0.25, -0.2) is 4.39 Å². The van der Waals surface area contributed by atoms with Crippen LogP contribution in [0.2, 0.25) is 0 Å². The Kier molecular flexibility index (Phi) is 4.43. The summed E-state index contributed by atoms with van der Waals surface area (Å²) >= 11 is 0. The molecule has 2 fully saturated rings. The quantitative estimate of drug-likeness (QED) is 0.843. The smallest absolute Gasteiger partial charge is 0.225 e. The van der Waals surface area contributed by atoms with Crippen molar-refractivity contribution in [3.05, 3.63) is 66.0 Å². The number of hydrogen-bond acceptors (Lipinski definition) is 2. The summed E-state index contributed by atoms with van der Waals surface area (Å²) < 4.78 is 19.3. The van der Waals surface area contributed by atoms with Crippen LogP contribution >= 0.6 is 0 Å². The van der Waals surface area contributed by atoms with Crippen LogP contribution in [-0.2, 0) is 4.79 Å². The Hall–Kier alpha value is -2.36. The number of benzene rings is 2. The van der Waals surface area contributed by atoms with Crippen molar-refractivity contribution in [2.45, 2.75) is 31.3 Å². The van der Waals surface area contributed by atoms with E-state index in [0.717, 1.165) is 25.8 Å². The van der Waals surface area contributed by atoms with Gasteiger partial charge in [-0.15, -0.1) is 0 Å². The molecule has 0 bridgehead atoms. The number of hydrogen-bond donors (Lipinski definition) is 0. The third kappa shape index (κ3) is 3.68. The molecule has 1 saturated carbocycles. The maximum atomic E-state index is 13.1. The molecule has 1 amide bonds. The molecule has 1 aliphatic heterocycles. The first-order valence-corrected chi connectivity index (χ1v) is 8.96. The highest BCUT2D eigenvalue weighted by atomic mass is 19.1. The van der Waals surface area contributed by atoms with Gasteiger partial charge in [-0.05, 0) is 42.7 Å². The zero-order valence-corrected chi connectivity index (χ0v) is 14.1. The monoisotopic (exact) mass is 339 g/mol. The molecule has 2 aliphatic rings. The second-order valence-electron chi connectivity index (χ2n) is 6.97. The predicted molar refractivity (Wildman–Crippen MR) is 93.9 cm³/mol. The SMILES string of the molecule is O=C(C1CC1)N1CC[C@H](Oc2ccc(F)cc2)[C@@H](c2ccccc2)C1. The average Bonchev–Trinajstić information content (AvgIpc) is 3.49. The lowest BCUT2D eigenvalue weighted by atomic mass is 9.87. The molecule has 2 aromatic rings. The highest BCUT2D eigenvalue weighted by Gasteiger charge is 2.39. The molecule has 2 aromatic carbocycles. The number of carbonyl (C=O) groups excluding carboxylic acids is 1.